The number of benzene rings is 1. The average Bonchev–Trinajstić information content (AvgIpc) is 2.18. The summed E-state index contributed by atoms with van der Waals surface area (Å²) in [6, 6.07) is 4.09. The number of halogens is 1. The van der Waals surface area contributed by atoms with Gasteiger partial charge in [0.2, 0.25) is 0 Å². The summed E-state index contributed by atoms with van der Waals surface area (Å²) in [5, 5.41) is 9.36. The molecule has 0 unspecified atom stereocenters. The molecule has 0 aliphatic carbocycles. The van der Waals surface area contributed by atoms with Gasteiger partial charge < -0.3 is 9.84 Å². The summed E-state index contributed by atoms with van der Waals surface area (Å²) in [4.78, 5) is 11.3. The summed E-state index contributed by atoms with van der Waals surface area (Å²) in [6.45, 7) is 5.25. The Bertz CT molecular complexity index is 444. The second-order valence-corrected chi connectivity index (χ2v) is 4.54. The van der Waals surface area contributed by atoms with E-state index >= 15 is 0 Å². The molecular weight excluding hydrogens is 223 g/mol. The van der Waals surface area contributed by atoms with Crippen LogP contribution >= 0.6 is 0 Å². The van der Waals surface area contributed by atoms with Gasteiger partial charge in [0, 0.05) is 11.6 Å². The first kappa shape index (κ1) is 13.2. The van der Waals surface area contributed by atoms with Crippen LogP contribution in [0.2, 0.25) is 0 Å². The predicted molar refractivity (Wildman–Crippen MR) is 62.9 cm³/mol. The lowest BCUT2D eigenvalue weighted by Gasteiger charge is -2.17. The molecule has 0 radical (unpaired) electrons. The Hall–Kier alpha value is -1.84. The van der Waals surface area contributed by atoms with Crippen molar-refractivity contribution in [1.29, 1.82) is 0 Å². The van der Waals surface area contributed by atoms with Crippen molar-refractivity contribution in [3.63, 3.8) is 0 Å². The second-order valence-electron chi connectivity index (χ2n) is 4.54. The van der Waals surface area contributed by atoms with E-state index in [1.807, 2.05) is 0 Å². The lowest BCUT2D eigenvalue weighted by atomic mass is 10.1. The van der Waals surface area contributed by atoms with Gasteiger partial charge in [0.05, 0.1) is 0 Å². The topological polar surface area (TPSA) is 46.5 Å². The molecule has 0 spiro atoms. The number of ether oxygens (including phenoxy) is 1. The molecule has 0 aliphatic rings. The number of esters is 1. The van der Waals surface area contributed by atoms with Crippen molar-refractivity contribution < 1.29 is 19.0 Å². The van der Waals surface area contributed by atoms with Crippen LogP contribution in [0.4, 0.5) is 4.39 Å². The Balaban J connectivity index is 2.78. The normalized spacial score (nSPS) is 11.8. The number of aromatic hydroxyl groups is 1. The fourth-order valence-electron chi connectivity index (χ4n) is 1.16. The van der Waals surface area contributed by atoms with Crippen molar-refractivity contribution in [3.05, 3.63) is 35.7 Å². The van der Waals surface area contributed by atoms with E-state index < -0.39 is 23.1 Å². The third kappa shape index (κ3) is 4.26. The zero-order valence-electron chi connectivity index (χ0n) is 10.0. The minimum atomic E-state index is -0.726. The van der Waals surface area contributed by atoms with Gasteiger partial charge in [0.15, 0.2) is 11.6 Å². The summed E-state index contributed by atoms with van der Waals surface area (Å²) < 4.78 is 18.0. The number of phenols is 1. The third-order valence-electron chi connectivity index (χ3n) is 1.82. The molecule has 92 valence electrons. The maximum atomic E-state index is 13.0. The molecule has 0 saturated carbocycles. The highest BCUT2D eigenvalue weighted by Crippen LogP contribution is 2.21. The Morgan fingerprint density at radius 1 is 1.41 bits per heavy atom. The lowest BCUT2D eigenvalue weighted by molar-refractivity contribution is -0.148. The van der Waals surface area contributed by atoms with Crippen molar-refractivity contribution in [2.75, 3.05) is 0 Å². The maximum Gasteiger partial charge on any atom is 0.331 e. The zero-order chi connectivity index (χ0) is 13.1. The third-order valence-corrected chi connectivity index (χ3v) is 1.82. The summed E-state index contributed by atoms with van der Waals surface area (Å²) in [7, 11) is 0. The number of phenolic OH excluding ortho intramolecular Hbond substituents is 1. The SMILES string of the molecule is CC(C)(C)OC(=O)/C=C/c1cccc(F)c1O. The molecule has 0 heterocycles. The minimum absolute atomic E-state index is 0.232. The van der Waals surface area contributed by atoms with E-state index in [1.165, 1.54) is 18.2 Å². The maximum absolute atomic E-state index is 13.0. The quantitative estimate of drug-likeness (QED) is 0.636. The molecule has 17 heavy (non-hydrogen) atoms. The highest BCUT2D eigenvalue weighted by atomic mass is 19.1. The number of carbonyl (C=O) groups excluding carboxylic acids is 1. The molecule has 0 saturated heterocycles. The van der Waals surface area contributed by atoms with E-state index in [0.717, 1.165) is 12.1 Å². The molecule has 4 heteroatoms. The molecule has 0 atom stereocenters. The van der Waals surface area contributed by atoms with Crippen LogP contribution < -0.4 is 0 Å². The Morgan fingerprint density at radius 3 is 2.65 bits per heavy atom. The van der Waals surface area contributed by atoms with Gasteiger partial charge in [-0.05, 0) is 32.9 Å². The van der Waals surface area contributed by atoms with E-state index in [0.29, 0.717) is 0 Å². The Kier molecular flexibility index (Phi) is 3.89. The van der Waals surface area contributed by atoms with Gasteiger partial charge in [-0.2, -0.15) is 0 Å². The number of carbonyl (C=O) groups is 1. The van der Waals surface area contributed by atoms with E-state index in [4.69, 9.17) is 4.74 Å². The van der Waals surface area contributed by atoms with E-state index in [-0.39, 0.29) is 5.56 Å². The summed E-state index contributed by atoms with van der Waals surface area (Å²) in [6.07, 6.45) is 2.46. The van der Waals surface area contributed by atoms with Crippen LogP contribution in [0.15, 0.2) is 24.3 Å². The van der Waals surface area contributed by atoms with Gasteiger partial charge in [-0.15, -0.1) is 0 Å². The lowest BCUT2D eigenvalue weighted by Crippen LogP contribution is -2.22. The molecular formula is C13H15FO3. The highest BCUT2D eigenvalue weighted by Gasteiger charge is 2.14. The van der Waals surface area contributed by atoms with Gasteiger partial charge in [-0.1, -0.05) is 12.1 Å². The molecule has 1 aromatic carbocycles. The van der Waals surface area contributed by atoms with Gasteiger partial charge in [0.25, 0.3) is 0 Å². The smallest absolute Gasteiger partial charge is 0.331 e. The van der Waals surface area contributed by atoms with Crippen LogP contribution in [0.5, 0.6) is 5.75 Å². The molecule has 1 rings (SSSR count). The molecule has 0 aliphatic heterocycles. The van der Waals surface area contributed by atoms with Crippen molar-refractivity contribution in [3.8, 4) is 5.75 Å². The van der Waals surface area contributed by atoms with E-state index in [2.05, 4.69) is 0 Å². The fraction of sp³-hybridized carbons (Fsp3) is 0.308. The average molecular weight is 238 g/mol. The predicted octanol–water partition coefficient (Wildman–Crippen LogP) is 2.89. The van der Waals surface area contributed by atoms with Crippen molar-refractivity contribution in [2.45, 2.75) is 26.4 Å². The van der Waals surface area contributed by atoms with Gasteiger partial charge in [-0.3, -0.25) is 0 Å². The van der Waals surface area contributed by atoms with Gasteiger partial charge in [-0.25, -0.2) is 9.18 Å². The first-order chi connectivity index (χ1) is 7.79. The minimum Gasteiger partial charge on any atom is -0.504 e. The summed E-state index contributed by atoms with van der Waals surface area (Å²) >= 11 is 0. The molecule has 1 aromatic rings. The van der Waals surface area contributed by atoms with Crippen LogP contribution in [0.25, 0.3) is 6.08 Å². The zero-order valence-corrected chi connectivity index (χ0v) is 10.0. The monoisotopic (exact) mass is 238 g/mol. The first-order valence-corrected chi connectivity index (χ1v) is 5.18. The van der Waals surface area contributed by atoms with Crippen LogP contribution in [0.3, 0.4) is 0 Å². The fourth-order valence-corrected chi connectivity index (χ4v) is 1.16. The van der Waals surface area contributed by atoms with Crippen LogP contribution in [0.1, 0.15) is 26.3 Å². The number of para-hydroxylation sites is 1. The summed E-state index contributed by atoms with van der Waals surface area (Å²) in [5.74, 6) is -1.75. The van der Waals surface area contributed by atoms with Crippen LogP contribution in [-0.4, -0.2) is 16.7 Å². The first-order valence-electron chi connectivity index (χ1n) is 5.18. The number of hydrogen-bond acceptors (Lipinski definition) is 3. The van der Waals surface area contributed by atoms with Crippen LogP contribution in [-0.2, 0) is 9.53 Å². The molecule has 0 amide bonds. The van der Waals surface area contributed by atoms with Crippen LogP contribution in [0, 0.1) is 5.82 Å². The molecule has 0 aromatic heterocycles. The standard InChI is InChI=1S/C13H15FO3/c1-13(2,3)17-11(15)8-7-9-5-4-6-10(14)12(9)16/h4-8,16H,1-3H3/b8-7+. The molecule has 0 bridgehead atoms. The summed E-state index contributed by atoms with van der Waals surface area (Å²) in [5.41, 5.74) is -0.346. The Morgan fingerprint density at radius 2 is 2.06 bits per heavy atom. The Labute approximate surface area is 99.5 Å². The van der Waals surface area contributed by atoms with Crippen molar-refractivity contribution >= 4 is 12.0 Å². The second kappa shape index (κ2) is 4.99. The molecule has 0 fully saturated rings. The van der Waals surface area contributed by atoms with Crippen molar-refractivity contribution in [2.24, 2.45) is 0 Å². The van der Waals surface area contributed by atoms with E-state index in [1.54, 1.807) is 20.8 Å². The van der Waals surface area contributed by atoms with Gasteiger partial charge in [0.1, 0.15) is 5.60 Å². The highest BCUT2D eigenvalue weighted by molar-refractivity contribution is 5.87. The largest absolute Gasteiger partial charge is 0.504 e. The number of hydrogen-bond donors (Lipinski definition) is 1. The molecule has 3 nitrogen and oxygen atoms in total. The van der Waals surface area contributed by atoms with Crippen molar-refractivity contribution in [1.82, 2.24) is 0 Å². The van der Waals surface area contributed by atoms with Gasteiger partial charge >= 0.3 is 5.97 Å². The molecule has 1 N–H and O–H groups in total. The van der Waals surface area contributed by atoms with E-state index in [9.17, 15) is 14.3 Å². The number of rotatable bonds is 2.